The number of imidazole rings is 2. The van der Waals surface area contributed by atoms with Gasteiger partial charge in [-0.2, -0.15) is 0 Å². The number of aryl methyl sites for hydroxylation is 2. The number of carbonyl (C=O) groups is 1. The Kier molecular flexibility index (Phi) is 5.18. The minimum absolute atomic E-state index is 0.00879. The summed E-state index contributed by atoms with van der Waals surface area (Å²) in [4.78, 5) is 48.6. The number of aromatic nitrogens is 6. The maximum Gasteiger partial charge on any atom is 0.332 e. The van der Waals surface area contributed by atoms with Gasteiger partial charge in [-0.05, 0) is 31.5 Å². The van der Waals surface area contributed by atoms with Crippen LogP contribution in [-0.2, 0) is 21.1 Å². The van der Waals surface area contributed by atoms with Crippen LogP contribution in [0.1, 0.15) is 29.7 Å². The number of nitrogens with zero attached hydrogens (tertiary/aromatic N) is 7. The summed E-state index contributed by atoms with van der Waals surface area (Å²) in [5.74, 6) is -0.341. The van der Waals surface area contributed by atoms with E-state index in [9.17, 15) is 24.6 Å². The van der Waals surface area contributed by atoms with Crippen molar-refractivity contribution in [3.05, 3.63) is 57.3 Å². The van der Waals surface area contributed by atoms with Crippen LogP contribution in [0.15, 0.2) is 40.4 Å². The summed E-state index contributed by atoms with van der Waals surface area (Å²) in [6.45, 7) is 1.49. The lowest BCUT2D eigenvalue weighted by molar-refractivity contribution is -0.0121. The first-order valence-corrected chi connectivity index (χ1v) is 11.2. The second-order valence-corrected chi connectivity index (χ2v) is 9.54. The smallest absolute Gasteiger partial charge is 0.332 e. The standard InChI is InChI=1S/C23H27N7O5/c1-23(35)10-29(20(32)13-5-6-16-15(7-13)24-11-26(16)2)9-14(31)8-17(23)30-12-25-19-18(30)21(33)28(4)22(34)27(19)3/h5-7,11-12,14,17,31,35H,8-10H2,1-4H3/t14-,17-,23-/m1/s1. The molecule has 1 aliphatic heterocycles. The first-order valence-electron chi connectivity index (χ1n) is 11.2. The monoisotopic (exact) mass is 481 g/mol. The zero-order valence-corrected chi connectivity index (χ0v) is 19.9. The van der Waals surface area contributed by atoms with Crippen LogP contribution < -0.4 is 11.2 Å². The highest BCUT2D eigenvalue weighted by atomic mass is 16.3. The zero-order chi connectivity index (χ0) is 25.2. The molecule has 1 fully saturated rings. The molecule has 0 unspecified atom stereocenters. The highest BCUT2D eigenvalue weighted by Gasteiger charge is 2.42. The van der Waals surface area contributed by atoms with E-state index in [1.54, 1.807) is 25.4 Å². The maximum atomic E-state index is 13.4. The van der Waals surface area contributed by atoms with E-state index in [1.165, 1.54) is 34.5 Å². The van der Waals surface area contributed by atoms with E-state index in [0.29, 0.717) is 11.1 Å². The number of β-amino-alcohol motifs (C(OH)–C–C–N with tert-alkyl or cyclic N) is 2. The Balaban J connectivity index is 1.53. The maximum absolute atomic E-state index is 13.4. The lowest BCUT2D eigenvalue weighted by Gasteiger charge is -2.34. The van der Waals surface area contributed by atoms with E-state index in [2.05, 4.69) is 9.97 Å². The van der Waals surface area contributed by atoms with Crippen LogP contribution in [0.3, 0.4) is 0 Å². The van der Waals surface area contributed by atoms with E-state index in [-0.39, 0.29) is 36.6 Å². The fourth-order valence-corrected chi connectivity index (χ4v) is 5.02. The number of amides is 1. The predicted octanol–water partition coefficient (Wildman–Crippen LogP) is -0.480. The highest BCUT2D eigenvalue weighted by Crippen LogP contribution is 2.34. The van der Waals surface area contributed by atoms with Gasteiger partial charge in [0.25, 0.3) is 11.5 Å². The molecule has 0 bridgehead atoms. The number of hydrogen-bond acceptors (Lipinski definition) is 7. The fourth-order valence-electron chi connectivity index (χ4n) is 5.02. The molecule has 3 atom stereocenters. The van der Waals surface area contributed by atoms with Gasteiger partial charge in [-0.3, -0.25) is 18.7 Å². The Labute approximate surface area is 199 Å². The molecule has 0 spiro atoms. The largest absolute Gasteiger partial charge is 0.391 e. The molecule has 0 aliphatic carbocycles. The van der Waals surface area contributed by atoms with Crippen molar-refractivity contribution < 1.29 is 15.0 Å². The molecule has 184 valence electrons. The Morgan fingerprint density at radius 3 is 2.60 bits per heavy atom. The van der Waals surface area contributed by atoms with Crippen molar-refractivity contribution >= 4 is 28.1 Å². The van der Waals surface area contributed by atoms with Gasteiger partial charge in [-0.1, -0.05) is 0 Å². The van der Waals surface area contributed by atoms with Crippen molar-refractivity contribution in [2.45, 2.75) is 31.1 Å². The Morgan fingerprint density at radius 2 is 1.86 bits per heavy atom. The average Bonchev–Trinajstić information content (AvgIpc) is 3.39. The lowest BCUT2D eigenvalue weighted by atomic mass is 9.92. The van der Waals surface area contributed by atoms with Crippen LogP contribution in [-0.4, -0.2) is 74.1 Å². The highest BCUT2D eigenvalue weighted by molar-refractivity contribution is 5.97. The molecule has 1 aromatic carbocycles. The van der Waals surface area contributed by atoms with Crippen LogP contribution in [0.5, 0.6) is 0 Å². The molecule has 4 heterocycles. The summed E-state index contributed by atoms with van der Waals surface area (Å²) in [7, 11) is 4.75. The molecule has 0 radical (unpaired) electrons. The molecule has 12 nitrogen and oxygen atoms in total. The first kappa shape index (κ1) is 23.0. The van der Waals surface area contributed by atoms with Crippen molar-refractivity contribution in [2.75, 3.05) is 13.1 Å². The molecule has 4 aromatic rings. The number of benzene rings is 1. The van der Waals surface area contributed by atoms with E-state index >= 15 is 0 Å². The summed E-state index contributed by atoms with van der Waals surface area (Å²) in [5.41, 5.74) is -0.299. The molecule has 3 aromatic heterocycles. The van der Waals surface area contributed by atoms with Crippen LogP contribution in [0.25, 0.3) is 22.2 Å². The Bertz CT molecular complexity index is 1590. The lowest BCUT2D eigenvalue weighted by Crippen LogP contribution is -2.47. The Morgan fingerprint density at radius 1 is 1.11 bits per heavy atom. The molecule has 35 heavy (non-hydrogen) atoms. The third kappa shape index (κ3) is 3.56. The number of fused-ring (bicyclic) bond motifs is 2. The summed E-state index contributed by atoms with van der Waals surface area (Å²) in [5, 5.41) is 22.4. The van der Waals surface area contributed by atoms with Gasteiger partial charge < -0.3 is 24.2 Å². The number of aliphatic hydroxyl groups excluding tert-OH is 1. The SMILES string of the molecule is Cn1c(=O)c2c(ncn2[C@@H]2C[C@@H](O)CN(C(=O)c3ccc4c(c3)ncn4C)C[C@@]2(C)O)n(C)c1=O. The fraction of sp³-hybridized carbons (Fsp3) is 0.435. The van der Waals surface area contributed by atoms with Gasteiger partial charge in [0.15, 0.2) is 11.2 Å². The number of hydrogen-bond donors (Lipinski definition) is 2. The van der Waals surface area contributed by atoms with E-state index in [4.69, 9.17) is 0 Å². The third-order valence-electron chi connectivity index (χ3n) is 6.92. The summed E-state index contributed by atoms with van der Waals surface area (Å²) >= 11 is 0. The number of rotatable bonds is 2. The van der Waals surface area contributed by atoms with Crippen molar-refractivity contribution in [1.29, 1.82) is 0 Å². The second kappa shape index (κ2) is 7.89. The van der Waals surface area contributed by atoms with Crippen molar-refractivity contribution in [3.63, 3.8) is 0 Å². The van der Waals surface area contributed by atoms with Crippen LogP contribution in [0.2, 0.25) is 0 Å². The summed E-state index contributed by atoms with van der Waals surface area (Å²) < 4.78 is 5.60. The van der Waals surface area contributed by atoms with Gasteiger partial charge in [0.1, 0.15) is 5.60 Å². The molecule has 5 rings (SSSR count). The topological polar surface area (TPSA) is 140 Å². The Hall–Kier alpha value is -3.77. The van der Waals surface area contributed by atoms with Gasteiger partial charge in [-0.25, -0.2) is 14.8 Å². The van der Waals surface area contributed by atoms with Crippen LogP contribution in [0, 0.1) is 0 Å². The molecular weight excluding hydrogens is 454 g/mol. The quantitative estimate of drug-likeness (QED) is 0.394. The van der Waals surface area contributed by atoms with Gasteiger partial charge >= 0.3 is 5.69 Å². The van der Waals surface area contributed by atoms with Crippen molar-refractivity contribution in [3.8, 4) is 0 Å². The first-order chi connectivity index (χ1) is 16.5. The summed E-state index contributed by atoms with van der Waals surface area (Å²) in [6, 6.07) is 4.42. The minimum atomic E-state index is -1.52. The van der Waals surface area contributed by atoms with Crippen LogP contribution in [0.4, 0.5) is 0 Å². The number of likely N-dealkylation sites (tertiary alicyclic amines) is 1. The molecule has 1 amide bonds. The van der Waals surface area contributed by atoms with Gasteiger partial charge in [-0.15, -0.1) is 0 Å². The summed E-state index contributed by atoms with van der Waals surface area (Å²) in [6.07, 6.45) is 2.17. The number of aliphatic hydroxyl groups is 2. The molecule has 1 saturated heterocycles. The normalized spacial score (nSPS) is 23.2. The minimum Gasteiger partial charge on any atom is -0.391 e. The molecule has 2 N–H and O–H groups in total. The molecule has 12 heteroatoms. The number of carbonyl (C=O) groups excluding carboxylic acids is 1. The van der Waals surface area contributed by atoms with E-state index < -0.39 is 29.0 Å². The van der Waals surface area contributed by atoms with Gasteiger partial charge in [0.2, 0.25) is 0 Å². The average molecular weight is 482 g/mol. The molecular formula is C23H27N7O5. The van der Waals surface area contributed by atoms with Crippen molar-refractivity contribution in [1.82, 2.24) is 33.1 Å². The van der Waals surface area contributed by atoms with Crippen LogP contribution >= 0.6 is 0 Å². The van der Waals surface area contributed by atoms with Gasteiger partial charge in [0.05, 0.1) is 42.4 Å². The molecule has 1 aliphatic rings. The van der Waals surface area contributed by atoms with E-state index in [0.717, 1.165) is 10.1 Å². The predicted molar refractivity (Wildman–Crippen MR) is 127 cm³/mol. The van der Waals surface area contributed by atoms with E-state index in [1.807, 2.05) is 17.7 Å². The van der Waals surface area contributed by atoms with Gasteiger partial charge in [0, 0.05) is 33.3 Å². The third-order valence-corrected chi connectivity index (χ3v) is 6.92. The van der Waals surface area contributed by atoms with Crippen molar-refractivity contribution in [2.24, 2.45) is 21.1 Å². The molecule has 0 saturated carbocycles. The second-order valence-electron chi connectivity index (χ2n) is 9.54. The zero-order valence-electron chi connectivity index (χ0n) is 19.9.